The largest absolute Gasteiger partial charge is 0.297 e. The van der Waals surface area contributed by atoms with Crippen LogP contribution in [0.25, 0.3) is 0 Å². The third-order valence-corrected chi connectivity index (χ3v) is 5.58. The summed E-state index contributed by atoms with van der Waals surface area (Å²) in [5.41, 5.74) is 1.77. The SMILES string of the molecule is CC(C)(C)C1[C@@]2(C)CC[C@]1(C)CN(C(C)(C)C)C2. The van der Waals surface area contributed by atoms with E-state index >= 15 is 0 Å². The van der Waals surface area contributed by atoms with Crippen LogP contribution in [0.3, 0.4) is 0 Å². The standard InChI is InChI=1S/C17H33N/c1-14(2,3)13-16(7)9-10-17(13,8)12-18(11-16)15(4,5)6/h13H,9-12H2,1-8H3/t13?,16-,17+. The Balaban J connectivity index is 2.37. The van der Waals surface area contributed by atoms with Crippen molar-refractivity contribution in [1.82, 2.24) is 4.90 Å². The van der Waals surface area contributed by atoms with E-state index < -0.39 is 0 Å². The molecule has 1 heterocycles. The number of fused-ring (bicyclic) bond motifs is 2. The topological polar surface area (TPSA) is 3.24 Å². The minimum absolute atomic E-state index is 0.315. The molecule has 2 rings (SSSR count). The third kappa shape index (κ3) is 2.13. The molecule has 1 heteroatoms. The van der Waals surface area contributed by atoms with Gasteiger partial charge in [-0.3, -0.25) is 4.90 Å². The lowest BCUT2D eigenvalue weighted by Gasteiger charge is -2.57. The fourth-order valence-electron chi connectivity index (χ4n) is 5.53. The number of hydrogen-bond acceptors (Lipinski definition) is 1. The predicted octanol–water partition coefficient (Wildman–Crippen LogP) is 4.57. The molecule has 1 unspecified atom stereocenters. The Labute approximate surface area is 114 Å². The third-order valence-electron chi connectivity index (χ3n) is 5.58. The second-order valence-corrected chi connectivity index (χ2v) is 9.63. The van der Waals surface area contributed by atoms with Crippen molar-refractivity contribution in [3.63, 3.8) is 0 Å². The van der Waals surface area contributed by atoms with Crippen LogP contribution in [-0.2, 0) is 0 Å². The molecule has 2 aliphatic rings. The first-order valence-electron chi connectivity index (χ1n) is 7.64. The first-order valence-corrected chi connectivity index (χ1v) is 7.64. The van der Waals surface area contributed by atoms with Gasteiger partial charge in [0.15, 0.2) is 0 Å². The normalized spacial score (nSPS) is 42.3. The van der Waals surface area contributed by atoms with E-state index in [1.165, 1.54) is 25.9 Å². The molecule has 0 amide bonds. The maximum Gasteiger partial charge on any atom is 0.0125 e. The molecule has 1 aliphatic carbocycles. The Morgan fingerprint density at radius 1 is 0.833 bits per heavy atom. The van der Waals surface area contributed by atoms with Crippen LogP contribution in [0.5, 0.6) is 0 Å². The van der Waals surface area contributed by atoms with Gasteiger partial charge >= 0.3 is 0 Å². The maximum absolute atomic E-state index is 2.74. The molecule has 3 atom stereocenters. The fraction of sp³-hybridized carbons (Fsp3) is 1.00. The highest BCUT2D eigenvalue weighted by Crippen LogP contribution is 2.64. The van der Waals surface area contributed by atoms with Crippen molar-refractivity contribution in [3.8, 4) is 0 Å². The van der Waals surface area contributed by atoms with E-state index in [2.05, 4.69) is 60.3 Å². The van der Waals surface area contributed by atoms with Crippen molar-refractivity contribution >= 4 is 0 Å². The highest BCUT2D eigenvalue weighted by Gasteiger charge is 2.60. The molecular weight excluding hydrogens is 218 g/mol. The van der Waals surface area contributed by atoms with Gasteiger partial charge in [-0.15, -0.1) is 0 Å². The van der Waals surface area contributed by atoms with E-state index in [4.69, 9.17) is 0 Å². The molecule has 0 aromatic rings. The Kier molecular flexibility index (Phi) is 2.99. The molecule has 18 heavy (non-hydrogen) atoms. The van der Waals surface area contributed by atoms with E-state index in [0.717, 1.165) is 5.92 Å². The van der Waals surface area contributed by atoms with Crippen LogP contribution in [0, 0.1) is 22.2 Å². The van der Waals surface area contributed by atoms with Gasteiger partial charge in [-0.1, -0.05) is 34.6 Å². The van der Waals surface area contributed by atoms with Crippen LogP contribution in [0.2, 0.25) is 0 Å². The zero-order chi connectivity index (χ0) is 14.0. The predicted molar refractivity (Wildman–Crippen MR) is 79.7 cm³/mol. The van der Waals surface area contributed by atoms with Gasteiger partial charge < -0.3 is 0 Å². The van der Waals surface area contributed by atoms with Crippen molar-refractivity contribution < 1.29 is 0 Å². The first kappa shape index (κ1) is 14.4. The minimum atomic E-state index is 0.315. The van der Waals surface area contributed by atoms with Crippen molar-refractivity contribution in [2.75, 3.05) is 13.1 Å². The summed E-state index contributed by atoms with van der Waals surface area (Å²) in [6.07, 6.45) is 2.83. The second-order valence-electron chi connectivity index (χ2n) is 9.63. The minimum Gasteiger partial charge on any atom is -0.297 e. The van der Waals surface area contributed by atoms with Gasteiger partial charge in [0.2, 0.25) is 0 Å². The Morgan fingerprint density at radius 3 is 1.50 bits per heavy atom. The Bertz CT molecular complexity index is 312. The van der Waals surface area contributed by atoms with E-state index in [0.29, 0.717) is 21.8 Å². The molecule has 0 radical (unpaired) electrons. The summed E-state index contributed by atoms with van der Waals surface area (Å²) in [6, 6.07) is 0. The smallest absolute Gasteiger partial charge is 0.0125 e. The van der Waals surface area contributed by atoms with Gasteiger partial charge in [0, 0.05) is 18.6 Å². The Hall–Kier alpha value is -0.0400. The lowest BCUT2D eigenvalue weighted by Crippen LogP contribution is -2.60. The average molecular weight is 251 g/mol. The van der Waals surface area contributed by atoms with Crippen molar-refractivity contribution in [3.05, 3.63) is 0 Å². The molecule has 2 bridgehead atoms. The summed E-state index contributed by atoms with van der Waals surface area (Å²) in [7, 11) is 0. The second kappa shape index (κ2) is 3.75. The molecule has 0 aromatic heterocycles. The summed E-state index contributed by atoms with van der Waals surface area (Å²) >= 11 is 0. The van der Waals surface area contributed by atoms with Crippen LogP contribution < -0.4 is 0 Å². The van der Waals surface area contributed by atoms with E-state index in [1.807, 2.05) is 0 Å². The molecule has 0 N–H and O–H groups in total. The highest BCUT2D eigenvalue weighted by atomic mass is 15.2. The average Bonchev–Trinajstić information content (AvgIpc) is 2.27. The summed E-state index contributed by atoms with van der Waals surface area (Å²) < 4.78 is 0. The van der Waals surface area contributed by atoms with Crippen molar-refractivity contribution in [2.24, 2.45) is 22.2 Å². The number of rotatable bonds is 0. The van der Waals surface area contributed by atoms with Crippen LogP contribution in [0.15, 0.2) is 0 Å². The summed E-state index contributed by atoms with van der Waals surface area (Å²) in [5.74, 6) is 0.857. The number of nitrogens with zero attached hydrogens (tertiary/aromatic N) is 1. The number of piperidine rings is 1. The van der Waals surface area contributed by atoms with E-state index in [9.17, 15) is 0 Å². The Morgan fingerprint density at radius 2 is 1.22 bits per heavy atom. The monoisotopic (exact) mass is 251 g/mol. The van der Waals surface area contributed by atoms with Gasteiger partial charge in [-0.2, -0.15) is 0 Å². The van der Waals surface area contributed by atoms with Crippen molar-refractivity contribution in [2.45, 2.75) is 73.8 Å². The van der Waals surface area contributed by atoms with Gasteiger partial charge in [0.25, 0.3) is 0 Å². The number of hydrogen-bond donors (Lipinski definition) is 0. The molecule has 1 saturated carbocycles. The van der Waals surface area contributed by atoms with Crippen molar-refractivity contribution in [1.29, 1.82) is 0 Å². The quantitative estimate of drug-likeness (QED) is 0.609. The van der Waals surface area contributed by atoms with Gasteiger partial charge in [0.05, 0.1) is 0 Å². The van der Waals surface area contributed by atoms with E-state index in [1.54, 1.807) is 0 Å². The van der Waals surface area contributed by atoms with E-state index in [-0.39, 0.29) is 0 Å². The molecular formula is C17H33N. The fourth-order valence-corrected chi connectivity index (χ4v) is 5.53. The summed E-state index contributed by atoms with van der Waals surface area (Å²) in [4.78, 5) is 2.74. The van der Waals surface area contributed by atoms with Crippen LogP contribution in [0.4, 0.5) is 0 Å². The van der Waals surface area contributed by atoms with Gasteiger partial charge in [-0.25, -0.2) is 0 Å². The molecule has 1 nitrogen and oxygen atoms in total. The zero-order valence-electron chi connectivity index (χ0n) is 13.9. The number of likely N-dealkylation sites (tertiary alicyclic amines) is 1. The van der Waals surface area contributed by atoms with Gasteiger partial charge in [-0.05, 0) is 55.8 Å². The molecule has 0 spiro atoms. The first-order chi connectivity index (χ1) is 7.89. The molecule has 0 aromatic carbocycles. The highest BCUT2D eigenvalue weighted by molar-refractivity contribution is 5.11. The van der Waals surface area contributed by atoms with Crippen LogP contribution >= 0.6 is 0 Å². The maximum atomic E-state index is 2.74. The molecule has 1 saturated heterocycles. The van der Waals surface area contributed by atoms with Crippen LogP contribution in [-0.4, -0.2) is 23.5 Å². The lowest BCUT2D eigenvalue weighted by atomic mass is 9.56. The molecule has 106 valence electrons. The van der Waals surface area contributed by atoms with Gasteiger partial charge in [0.1, 0.15) is 0 Å². The van der Waals surface area contributed by atoms with Crippen LogP contribution in [0.1, 0.15) is 68.2 Å². The molecule has 1 aliphatic heterocycles. The molecule has 2 fully saturated rings. The summed E-state index contributed by atoms with van der Waals surface area (Å²) in [5, 5.41) is 0. The summed E-state index contributed by atoms with van der Waals surface area (Å²) in [6.45, 7) is 22.1. The zero-order valence-corrected chi connectivity index (χ0v) is 13.9. The lowest BCUT2D eigenvalue weighted by molar-refractivity contribution is -0.0899.